The van der Waals surface area contributed by atoms with Crippen molar-refractivity contribution in [1.29, 1.82) is 0 Å². The van der Waals surface area contributed by atoms with Crippen molar-refractivity contribution in [2.45, 2.75) is 39.3 Å². The molecule has 1 aliphatic heterocycles. The van der Waals surface area contributed by atoms with Gasteiger partial charge in [0.25, 0.3) is 0 Å². The third-order valence-corrected chi connectivity index (χ3v) is 2.85. The number of carbonyl (C=O) groups excluding carboxylic acids is 2. The molecule has 1 unspecified atom stereocenters. The van der Waals surface area contributed by atoms with Crippen LogP contribution in [0.15, 0.2) is 0 Å². The Hall–Kier alpha value is -0.300. The fourth-order valence-electron chi connectivity index (χ4n) is 1.77. The molecule has 1 fully saturated rings. The van der Waals surface area contributed by atoms with Gasteiger partial charge in [-0.25, -0.2) is 4.79 Å². The van der Waals surface area contributed by atoms with E-state index < -0.39 is 17.6 Å². The summed E-state index contributed by atoms with van der Waals surface area (Å²) in [5.41, 5.74) is -0.507. The van der Waals surface area contributed by atoms with E-state index in [1.54, 1.807) is 16.7 Å². The molecule has 0 radical (unpaired) electrons. The standard InChI is InChI=1S/C12H22N2O4.Na/c1-9(10(15)16)13-5-7-14(8-6-13)11(17)18-12(2,3)4;/h9H,5-8H2,1-4H3,(H,15,16);/q;+1/p-1. The van der Waals surface area contributed by atoms with Gasteiger partial charge in [-0.3, -0.25) is 4.90 Å². The molecule has 19 heavy (non-hydrogen) atoms. The molecule has 6 nitrogen and oxygen atoms in total. The first-order valence-electron chi connectivity index (χ1n) is 6.13. The average molecular weight is 280 g/mol. The Kier molecular flexibility index (Phi) is 7.36. The predicted octanol–water partition coefficient (Wildman–Crippen LogP) is -3.32. The second-order valence-corrected chi connectivity index (χ2v) is 5.50. The van der Waals surface area contributed by atoms with Crippen molar-refractivity contribution < 1.29 is 49.0 Å². The molecule has 0 N–H and O–H groups in total. The number of aliphatic carboxylic acids is 1. The maximum Gasteiger partial charge on any atom is 1.00 e. The molecule has 0 aromatic rings. The Labute approximate surface area is 136 Å². The second kappa shape index (κ2) is 7.47. The van der Waals surface area contributed by atoms with E-state index in [-0.39, 0.29) is 35.7 Å². The summed E-state index contributed by atoms with van der Waals surface area (Å²) >= 11 is 0. The molecule has 1 aliphatic rings. The van der Waals surface area contributed by atoms with Crippen molar-refractivity contribution in [2.75, 3.05) is 26.2 Å². The first-order chi connectivity index (χ1) is 8.20. The van der Waals surface area contributed by atoms with E-state index in [2.05, 4.69) is 0 Å². The van der Waals surface area contributed by atoms with Crippen LogP contribution in [0.3, 0.4) is 0 Å². The summed E-state index contributed by atoms with van der Waals surface area (Å²) < 4.78 is 5.26. The molecule has 1 rings (SSSR count). The Morgan fingerprint density at radius 1 is 1.16 bits per heavy atom. The van der Waals surface area contributed by atoms with E-state index in [1.807, 2.05) is 20.8 Å². The molecule has 104 valence electrons. The zero-order chi connectivity index (χ0) is 13.9. The van der Waals surface area contributed by atoms with E-state index in [4.69, 9.17) is 4.74 Å². The number of piperazine rings is 1. The molecule has 1 saturated heterocycles. The number of carboxylic acids is 1. The van der Waals surface area contributed by atoms with E-state index in [1.165, 1.54) is 0 Å². The molecule has 0 aromatic carbocycles. The monoisotopic (exact) mass is 280 g/mol. The molecule has 1 amide bonds. The van der Waals surface area contributed by atoms with E-state index in [0.29, 0.717) is 26.2 Å². The topological polar surface area (TPSA) is 72.9 Å². The van der Waals surface area contributed by atoms with Gasteiger partial charge in [0.15, 0.2) is 0 Å². The summed E-state index contributed by atoms with van der Waals surface area (Å²) in [6.45, 7) is 9.05. The van der Waals surface area contributed by atoms with Gasteiger partial charge in [0, 0.05) is 32.2 Å². The normalized spacial score (nSPS) is 18.4. The third kappa shape index (κ3) is 6.12. The number of rotatable bonds is 2. The molecule has 0 aliphatic carbocycles. The van der Waals surface area contributed by atoms with Crippen LogP contribution in [0.25, 0.3) is 0 Å². The van der Waals surface area contributed by atoms with Crippen LogP contribution >= 0.6 is 0 Å². The largest absolute Gasteiger partial charge is 1.00 e. The fraction of sp³-hybridized carbons (Fsp3) is 0.833. The van der Waals surface area contributed by atoms with E-state index >= 15 is 0 Å². The number of ether oxygens (including phenoxy) is 1. The van der Waals surface area contributed by atoms with Crippen molar-refractivity contribution in [1.82, 2.24) is 9.80 Å². The summed E-state index contributed by atoms with van der Waals surface area (Å²) in [5, 5.41) is 10.7. The maximum absolute atomic E-state index is 11.8. The SMILES string of the molecule is CC(C(=O)[O-])N1CCN(C(=O)OC(C)(C)C)CC1.[Na+]. The van der Waals surface area contributed by atoms with E-state index in [0.717, 1.165) is 0 Å². The van der Waals surface area contributed by atoms with Crippen molar-refractivity contribution in [3.05, 3.63) is 0 Å². The molecule has 0 aromatic heterocycles. The number of nitrogens with zero attached hydrogens (tertiary/aromatic N) is 2. The zero-order valence-electron chi connectivity index (χ0n) is 12.4. The van der Waals surface area contributed by atoms with Crippen molar-refractivity contribution in [3.63, 3.8) is 0 Å². The predicted molar refractivity (Wildman–Crippen MR) is 63.8 cm³/mol. The average Bonchev–Trinajstić information content (AvgIpc) is 2.26. The molecule has 0 spiro atoms. The van der Waals surface area contributed by atoms with Crippen LogP contribution in [0.5, 0.6) is 0 Å². The number of amides is 1. The minimum Gasteiger partial charge on any atom is -0.548 e. The van der Waals surface area contributed by atoms with Crippen molar-refractivity contribution >= 4 is 12.1 Å². The Bertz CT molecular complexity index is 322. The molecule has 0 saturated carbocycles. The van der Waals surface area contributed by atoms with E-state index in [9.17, 15) is 14.7 Å². The minimum atomic E-state index is -1.08. The first kappa shape index (κ1) is 18.7. The minimum absolute atomic E-state index is 0. The van der Waals surface area contributed by atoms with Crippen LogP contribution in [-0.4, -0.2) is 59.7 Å². The van der Waals surface area contributed by atoms with Crippen LogP contribution in [0, 0.1) is 0 Å². The van der Waals surface area contributed by atoms with Crippen LogP contribution in [0.2, 0.25) is 0 Å². The van der Waals surface area contributed by atoms with Crippen LogP contribution in [-0.2, 0) is 9.53 Å². The van der Waals surface area contributed by atoms with Crippen molar-refractivity contribution in [2.24, 2.45) is 0 Å². The third-order valence-electron chi connectivity index (χ3n) is 2.85. The van der Waals surface area contributed by atoms with Gasteiger partial charge in [-0.1, -0.05) is 0 Å². The fourth-order valence-corrected chi connectivity index (χ4v) is 1.77. The Balaban J connectivity index is 0.00000324. The second-order valence-electron chi connectivity index (χ2n) is 5.50. The van der Waals surface area contributed by atoms with Crippen molar-refractivity contribution in [3.8, 4) is 0 Å². The van der Waals surface area contributed by atoms with Crippen LogP contribution < -0.4 is 34.7 Å². The quantitative estimate of drug-likeness (QED) is 0.495. The maximum atomic E-state index is 11.8. The van der Waals surface area contributed by atoms with Gasteiger partial charge >= 0.3 is 35.7 Å². The van der Waals surface area contributed by atoms with Gasteiger partial charge in [0.1, 0.15) is 5.60 Å². The number of carboxylic acid groups (broad SMARTS) is 1. The van der Waals surface area contributed by atoms with Gasteiger partial charge in [-0.15, -0.1) is 0 Å². The Morgan fingerprint density at radius 2 is 1.63 bits per heavy atom. The zero-order valence-corrected chi connectivity index (χ0v) is 14.4. The number of carbonyl (C=O) groups is 2. The van der Waals surface area contributed by atoms with Crippen LogP contribution in [0.1, 0.15) is 27.7 Å². The summed E-state index contributed by atoms with van der Waals surface area (Å²) in [4.78, 5) is 25.9. The molecule has 0 bridgehead atoms. The number of hydrogen-bond acceptors (Lipinski definition) is 5. The van der Waals surface area contributed by atoms with Gasteiger partial charge in [-0.2, -0.15) is 0 Å². The molecule has 7 heteroatoms. The molecule has 1 atom stereocenters. The summed E-state index contributed by atoms with van der Waals surface area (Å²) in [5.74, 6) is -1.08. The first-order valence-corrected chi connectivity index (χ1v) is 6.13. The van der Waals surface area contributed by atoms with Crippen LogP contribution in [0.4, 0.5) is 4.79 Å². The smallest absolute Gasteiger partial charge is 0.548 e. The molecule has 1 heterocycles. The van der Waals surface area contributed by atoms with Gasteiger partial charge in [0.05, 0.1) is 5.97 Å². The number of hydrogen-bond donors (Lipinski definition) is 0. The Morgan fingerprint density at radius 3 is 2.00 bits per heavy atom. The van der Waals surface area contributed by atoms with Gasteiger partial charge < -0.3 is 19.5 Å². The molecular formula is C12H21N2NaO4. The van der Waals surface area contributed by atoms with Gasteiger partial charge in [0.2, 0.25) is 0 Å². The summed E-state index contributed by atoms with van der Waals surface area (Å²) in [7, 11) is 0. The molecular weight excluding hydrogens is 259 g/mol. The van der Waals surface area contributed by atoms with Gasteiger partial charge in [-0.05, 0) is 27.7 Å². The summed E-state index contributed by atoms with van der Waals surface area (Å²) in [6, 6.07) is -0.620. The summed E-state index contributed by atoms with van der Waals surface area (Å²) in [6.07, 6.45) is -0.344.